The quantitative estimate of drug-likeness (QED) is 0.655. The Bertz CT molecular complexity index is 502. The molecule has 0 heterocycles. The number of nitrogens with one attached hydrogen (secondary N) is 1. The number of nitrogens with two attached hydrogens (primary N) is 1. The lowest BCUT2D eigenvalue weighted by molar-refractivity contribution is -0.115. The highest BCUT2D eigenvalue weighted by molar-refractivity contribution is 8.00. The van der Waals surface area contributed by atoms with Crippen molar-refractivity contribution in [3.05, 3.63) is 60.7 Å². The van der Waals surface area contributed by atoms with Gasteiger partial charge in [0.15, 0.2) is 0 Å². The maximum absolute atomic E-state index is 11.9. The van der Waals surface area contributed by atoms with E-state index in [-0.39, 0.29) is 5.91 Å². The van der Waals surface area contributed by atoms with Crippen molar-refractivity contribution in [1.29, 1.82) is 0 Å². The van der Waals surface area contributed by atoms with E-state index >= 15 is 0 Å². The second-order valence-electron chi connectivity index (χ2n) is 3.71. The van der Waals surface area contributed by atoms with Gasteiger partial charge in [-0.2, -0.15) is 0 Å². The molecule has 1 amide bonds. The number of rotatable bonds is 4. The summed E-state index contributed by atoms with van der Waals surface area (Å²) in [6.45, 7) is 0. The summed E-state index contributed by atoms with van der Waals surface area (Å²) < 4.78 is 0. The Kier molecular flexibility index (Phi) is 4.39. The molecule has 3 N–H and O–H groups in total. The number of carbonyl (C=O) groups is 1. The largest absolute Gasteiger partial charge is 0.324 e. The number of para-hydroxylation sites is 1. The monoisotopic (exact) mass is 258 g/mol. The SMILES string of the molecule is N[C@H](Sc1ccccc1)C(=O)Nc1ccccc1. The Morgan fingerprint density at radius 3 is 2.17 bits per heavy atom. The molecule has 18 heavy (non-hydrogen) atoms. The molecule has 2 aromatic carbocycles. The Balaban J connectivity index is 1.93. The molecule has 92 valence electrons. The molecule has 1 atom stereocenters. The van der Waals surface area contributed by atoms with Gasteiger partial charge in [-0.15, -0.1) is 0 Å². The second kappa shape index (κ2) is 6.23. The van der Waals surface area contributed by atoms with E-state index in [0.29, 0.717) is 0 Å². The maximum atomic E-state index is 11.9. The molecule has 0 aromatic heterocycles. The summed E-state index contributed by atoms with van der Waals surface area (Å²) in [5, 5.41) is 2.16. The minimum atomic E-state index is -0.618. The minimum absolute atomic E-state index is 0.199. The third-order valence-corrected chi connectivity index (χ3v) is 3.32. The molecule has 0 saturated carbocycles. The summed E-state index contributed by atoms with van der Waals surface area (Å²) in [4.78, 5) is 12.8. The molecule has 0 bridgehead atoms. The third kappa shape index (κ3) is 3.61. The minimum Gasteiger partial charge on any atom is -0.324 e. The molecule has 2 rings (SSSR count). The smallest absolute Gasteiger partial charge is 0.252 e. The summed E-state index contributed by atoms with van der Waals surface area (Å²) in [5.41, 5.74) is 6.60. The summed E-state index contributed by atoms with van der Waals surface area (Å²) in [6, 6.07) is 18.9. The highest BCUT2D eigenvalue weighted by Crippen LogP contribution is 2.20. The number of amides is 1. The lowest BCUT2D eigenvalue weighted by Crippen LogP contribution is -2.32. The zero-order valence-electron chi connectivity index (χ0n) is 9.74. The number of hydrogen-bond acceptors (Lipinski definition) is 3. The molecule has 2 aromatic rings. The first kappa shape index (κ1) is 12.7. The van der Waals surface area contributed by atoms with E-state index in [9.17, 15) is 4.79 Å². The molecular formula is C14H14N2OS. The van der Waals surface area contributed by atoms with Crippen LogP contribution in [0.3, 0.4) is 0 Å². The molecule has 0 radical (unpaired) electrons. The molecule has 0 unspecified atom stereocenters. The van der Waals surface area contributed by atoms with Gasteiger partial charge < -0.3 is 11.1 Å². The Morgan fingerprint density at radius 2 is 1.56 bits per heavy atom. The fraction of sp³-hybridized carbons (Fsp3) is 0.0714. The Morgan fingerprint density at radius 1 is 1.00 bits per heavy atom. The summed E-state index contributed by atoms with van der Waals surface area (Å²) in [7, 11) is 0. The Hall–Kier alpha value is -1.78. The van der Waals surface area contributed by atoms with Crippen LogP contribution >= 0.6 is 11.8 Å². The van der Waals surface area contributed by atoms with Crippen molar-refractivity contribution < 1.29 is 4.79 Å². The van der Waals surface area contributed by atoms with Crippen LogP contribution in [0.15, 0.2) is 65.6 Å². The lowest BCUT2D eigenvalue weighted by Gasteiger charge is -2.11. The molecule has 0 fully saturated rings. The van der Waals surface area contributed by atoms with Gasteiger partial charge in [-0.1, -0.05) is 48.2 Å². The van der Waals surface area contributed by atoms with Crippen LogP contribution in [0.2, 0.25) is 0 Å². The average Bonchev–Trinajstić information content (AvgIpc) is 2.41. The Labute approximate surface area is 110 Å². The van der Waals surface area contributed by atoms with Crippen molar-refractivity contribution in [2.75, 3.05) is 5.32 Å². The van der Waals surface area contributed by atoms with Gasteiger partial charge in [0.05, 0.1) is 0 Å². The fourth-order valence-corrected chi connectivity index (χ4v) is 2.21. The number of anilines is 1. The summed E-state index contributed by atoms with van der Waals surface area (Å²) in [5.74, 6) is -0.199. The molecule has 4 heteroatoms. The van der Waals surface area contributed by atoms with Gasteiger partial charge in [-0.25, -0.2) is 0 Å². The predicted molar refractivity (Wildman–Crippen MR) is 75.3 cm³/mol. The molecular weight excluding hydrogens is 244 g/mol. The zero-order valence-corrected chi connectivity index (χ0v) is 10.6. The third-order valence-electron chi connectivity index (χ3n) is 2.31. The molecule has 0 saturated heterocycles. The molecule has 0 aliphatic carbocycles. The lowest BCUT2D eigenvalue weighted by atomic mass is 10.3. The van der Waals surface area contributed by atoms with Crippen molar-refractivity contribution in [1.82, 2.24) is 0 Å². The van der Waals surface area contributed by atoms with Crippen molar-refractivity contribution in [2.24, 2.45) is 5.73 Å². The number of thioether (sulfide) groups is 1. The molecule has 3 nitrogen and oxygen atoms in total. The maximum Gasteiger partial charge on any atom is 0.252 e. The number of carbonyl (C=O) groups excluding carboxylic acids is 1. The van der Waals surface area contributed by atoms with E-state index in [4.69, 9.17) is 5.73 Å². The normalized spacial score (nSPS) is 11.8. The van der Waals surface area contributed by atoms with Crippen LogP contribution < -0.4 is 11.1 Å². The van der Waals surface area contributed by atoms with Crippen LogP contribution in [0.5, 0.6) is 0 Å². The van der Waals surface area contributed by atoms with Crippen LogP contribution in [-0.2, 0) is 4.79 Å². The van der Waals surface area contributed by atoms with Gasteiger partial charge in [0, 0.05) is 10.6 Å². The van der Waals surface area contributed by atoms with E-state index in [1.807, 2.05) is 60.7 Å². The van der Waals surface area contributed by atoms with Crippen LogP contribution in [0.25, 0.3) is 0 Å². The first-order chi connectivity index (χ1) is 8.75. The predicted octanol–water partition coefficient (Wildman–Crippen LogP) is 2.70. The molecule has 0 spiro atoms. The van der Waals surface area contributed by atoms with Crippen LogP contribution in [0, 0.1) is 0 Å². The van der Waals surface area contributed by atoms with Gasteiger partial charge in [-0.3, -0.25) is 4.79 Å². The second-order valence-corrected chi connectivity index (χ2v) is 4.92. The first-order valence-electron chi connectivity index (χ1n) is 5.59. The van der Waals surface area contributed by atoms with Crippen molar-refractivity contribution >= 4 is 23.4 Å². The van der Waals surface area contributed by atoms with Crippen molar-refractivity contribution in [3.8, 4) is 0 Å². The van der Waals surface area contributed by atoms with E-state index in [1.54, 1.807) is 0 Å². The van der Waals surface area contributed by atoms with Gasteiger partial charge >= 0.3 is 0 Å². The van der Waals surface area contributed by atoms with Gasteiger partial charge in [-0.05, 0) is 24.3 Å². The number of hydrogen-bond donors (Lipinski definition) is 2. The number of benzene rings is 2. The van der Waals surface area contributed by atoms with E-state index in [1.165, 1.54) is 11.8 Å². The van der Waals surface area contributed by atoms with Crippen LogP contribution in [0.1, 0.15) is 0 Å². The fourth-order valence-electron chi connectivity index (χ4n) is 1.43. The first-order valence-corrected chi connectivity index (χ1v) is 6.47. The van der Waals surface area contributed by atoms with Gasteiger partial charge in [0.25, 0.3) is 5.91 Å². The van der Waals surface area contributed by atoms with Crippen LogP contribution in [-0.4, -0.2) is 11.3 Å². The molecule has 0 aliphatic rings. The topological polar surface area (TPSA) is 55.1 Å². The van der Waals surface area contributed by atoms with Crippen LogP contribution in [0.4, 0.5) is 5.69 Å². The average molecular weight is 258 g/mol. The highest BCUT2D eigenvalue weighted by atomic mass is 32.2. The van der Waals surface area contributed by atoms with Crippen molar-refractivity contribution in [2.45, 2.75) is 10.3 Å². The summed E-state index contributed by atoms with van der Waals surface area (Å²) in [6.07, 6.45) is 0. The van der Waals surface area contributed by atoms with Gasteiger partial charge in [0.2, 0.25) is 0 Å². The zero-order chi connectivity index (χ0) is 12.8. The van der Waals surface area contributed by atoms with E-state index in [2.05, 4.69) is 5.32 Å². The van der Waals surface area contributed by atoms with E-state index in [0.717, 1.165) is 10.6 Å². The molecule has 0 aliphatic heterocycles. The standard InChI is InChI=1S/C14H14N2OS/c15-13(18-12-9-5-2-6-10-12)14(17)16-11-7-3-1-4-8-11/h1-10,13H,15H2,(H,16,17)/t13-/m1/s1. The van der Waals surface area contributed by atoms with Gasteiger partial charge in [0.1, 0.15) is 5.37 Å². The van der Waals surface area contributed by atoms with Crippen molar-refractivity contribution in [3.63, 3.8) is 0 Å². The van der Waals surface area contributed by atoms with E-state index < -0.39 is 5.37 Å². The highest BCUT2D eigenvalue weighted by Gasteiger charge is 2.14. The summed E-state index contributed by atoms with van der Waals surface area (Å²) >= 11 is 1.34.